The summed E-state index contributed by atoms with van der Waals surface area (Å²) in [6.07, 6.45) is 11.9. The lowest BCUT2D eigenvalue weighted by Gasteiger charge is -2.38. The van der Waals surface area contributed by atoms with Gasteiger partial charge in [-0.2, -0.15) is 0 Å². The van der Waals surface area contributed by atoms with E-state index in [0.717, 1.165) is 37.4 Å². The maximum absolute atomic E-state index is 12.4. The maximum Gasteiger partial charge on any atom is 0.249 e. The van der Waals surface area contributed by atoms with Gasteiger partial charge < -0.3 is 10.1 Å². The van der Waals surface area contributed by atoms with Crippen molar-refractivity contribution in [2.45, 2.75) is 75.8 Å². The summed E-state index contributed by atoms with van der Waals surface area (Å²) in [7, 11) is 0. The second-order valence-corrected chi connectivity index (χ2v) is 7.35. The number of nitrogens with one attached hydrogen (secondary N) is 1. The molecule has 3 heterocycles. The Morgan fingerprint density at radius 3 is 2.92 bits per heavy atom. The van der Waals surface area contributed by atoms with Crippen LogP contribution in [0.5, 0.6) is 0 Å². The quantitative estimate of drug-likeness (QED) is 0.921. The number of carbonyl (C=O) groups excluding carboxylic acids is 1. The predicted molar refractivity (Wildman–Crippen MR) is 91.3 cm³/mol. The number of fused-ring (bicyclic) bond motifs is 1. The van der Waals surface area contributed by atoms with Crippen molar-refractivity contribution >= 4 is 5.91 Å². The number of carbonyl (C=O) groups is 1. The molecule has 24 heavy (non-hydrogen) atoms. The van der Waals surface area contributed by atoms with E-state index < -0.39 is 0 Å². The van der Waals surface area contributed by atoms with Crippen molar-refractivity contribution < 1.29 is 9.53 Å². The van der Waals surface area contributed by atoms with Crippen LogP contribution in [-0.2, 0) is 16.1 Å². The molecule has 1 aromatic rings. The summed E-state index contributed by atoms with van der Waals surface area (Å²) < 4.78 is 6.18. The van der Waals surface area contributed by atoms with Gasteiger partial charge in [0.15, 0.2) is 0 Å². The highest BCUT2D eigenvalue weighted by atomic mass is 16.5. The van der Waals surface area contributed by atoms with Crippen LogP contribution in [0.1, 0.15) is 50.5 Å². The molecule has 2 saturated heterocycles. The number of rotatable bonds is 4. The van der Waals surface area contributed by atoms with Gasteiger partial charge in [-0.1, -0.05) is 18.9 Å². The fourth-order valence-electron chi connectivity index (χ4n) is 4.65. The number of hydrogen-bond donors (Lipinski definition) is 1. The largest absolute Gasteiger partial charge is 0.363 e. The molecule has 0 bridgehead atoms. The first-order chi connectivity index (χ1) is 11.8. The molecular weight excluding hydrogens is 302 g/mol. The molecule has 5 heteroatoms. The SMILES string of the molecule is O=C(NCc1cccnc1)[C@H]1CC[C@@H]2[C@@H](CCN2C2CCCC2)O1. The van der Waals surface area contributed by atoms with Crippen molar-refractivity contribution in [1.82, 2.24) is 15.2 Å². The minimum atomic E-state index is -0.286. The van der Waals surface area contributed by atoms with E-state index in [4.69, 9.17) is 4.74 Å². The predicted octanol–water partition coefficient (Wildman–Crippen LogP) is 2.26. The molecule has 3 fully saturated rings. The molecule has 5 nitrogen and oxygen atoms in total. The standard InChI is InChI=1S/C19H27N3O2/c23-19(21-13-14-4-3-10-20-12-14)18-8-7-16-17(24-18)9-11-22(16)15-5-1-2-6-15/h3-4,10,12,15-18H,1-2,5-9,11,13H2,(H,21,23)/t16-,17-,18-/m1/s1. The lowest BCUT2D eigenvalue weighted by Crippen LogP contribution is -2.49. The third kappa shape index (κ3) is 3.33. The van der Waals surface area contributed by atoms with E-state index in [-0.39, 0.29) is 18.1 Å². The smallest absolute Gasteiger partial charge is 0.249 e. The van der Waals surface area contributed by atoms with E-state index in [1.807, 2.05) is 12.1 Å². The molecule has 4 rings (SSSR count). The Morgan fingerprint density at radius 2 is 2.12 bits per heavy atom. The van der Waals surface area contributed by atoms with Crippen LogP contribution in [0.4, 0.5) is 0 Å². The molecule has 0 spiro atoms. The Balaban J connectivity index is 1.29. The Labute approximate surface area is 143 Å². The molecule has 1 aromatic heterocycles. The van der Waals surface area contributed by atoms with Gasteiger partial charge in [0.25, 0.3) is 0 Å². The van der Waals surface area contributed by atoms with Gasteiger partial charge in [-0.05, 0) is 43.7 Å². The van der Waals surface area contributed by atoms with Crippen molar-refractivity contribution in [3.8, 4) is 0 Å². The number of nitrogens with zero attached hydrogens (tertiary/aromatic N) is 2. The highest BCUT2D eigenvalue weighted by Crippen LogP contribution is 2.36. The average Bonchev–Trinajstić information content (AvgIpc) is 3.29. The fourth-order valence-corrected chi connectivity index (χ4v) is 4.65. The molecule has 3 aliphatic rings. The normalized spacial score (nSPS) is 31.1. The van der Waals surface area contributed by atoms with E-state index in [1.165, 1.54) is 25.7 Å². The lowest BCUT2D eigenvalue weighted by molar-refractivity contribution is -0.144. The van der Waals surface area contributed by atoms with E-state index >= 15 is 0 Å². The molecule has 1 N–H and O–H groups in total. The van der Waals surface area contributed by atoms with Crippen molar-refractivity contribution in [2.75, 3.05) is 6.54 Å². The minimum Gasteiger partial charge on any atom is -0.363 e. The number of hydrogen-bond acceptors (Lipinski definition) is 4. The van der Waals surface area contributed by atoms with Crippen molar-refractivity contribution in [1.29, 1.82) is 0 Å². The van der Waals surface area contributed by atoms with Gasteiger partial charge in [0.05, 0.1) is 6.10 Å². The summed E-state index contributed by atoms with van der Waals surface area (Å²) in [5.41, 5.74) is 1.02. The van der Waals surface area contributed by atoms with E-state index in [0.29, 0.717) is 12.6 Å². The van der Waals surface area contributed by atoms with E-state index in [9.17, 15) is 4.79 Å². The van der Waals surface area contributed by atoms with Crippen LogP contribution in [0, 0.1) is 0 Å². The van der Waals surface area contributed by atoms with Crippen LogP contribution in [0.3, 0.4) is 0 Å². The third-order valence-corrected chi connectivity index (χ3v) is 5.87. The molecule has 0 aromatic carbocycles. The maximum atomic E-state index is 12.4. The summed E-state index contributed by atoms with van der Waals surface area (Å²) >= 11 is 0. The molecule has 130 valence electrons. The summed E-state index contributed by atoms with van der Waals surface area (Å²) in [6.45, 7) is 1.67. The second kappa shape index (κ2) is 7.19. The zero-order valence-electron chi connectivity index (χ0n) is 14.2. The average molecular weight is 329 g/mol. The van der Waals surface area contributed by atoms with E-state index in [1.54, 1.807) is 12.4 Å². The fraction of sp³-hybridized carbons (Fsp3) is 0.684. The molecule has 1 amide bonds. The van der Waals surface area contributed by atoms with Crippen molar-refractivity contribution in [2.24, 2.45) is 0 Å². The zero-order chi connectivity index (χ0) is 16.4. The van der Waals surface area contributed by atoms with Gasteiger partial charge >= 0.3 is 0 Å². The number of pyridine rings is 1. The second-order valence-electron chi connectivity index (χ2n) is 7.35. The van der Waals surface area contributed by atoms with Gasteiger partial charge in [-0.3, -0.25) is 14.7 Å². The van der Waals surface area contributed by atoms with Crippen LogP contribution in [0.25, 0.3) is 0 Å². The van der Waals surface area contributed by atoms with Gasteiger partial charge in [-0.25, -0.2) is 0 Å². The summed E-state index contributed by atoms with van der Waals surface area (Å²) in [5, 5.41) is 3.00. The molecule has 3 atom stereocenters. The van der Waals surface area contributed by atoms with Crippen LogP contribution < -0.4 is 5.32 Å². The zero-order valence-corrected chi connectivity index (χ0v) is 14.2. The first-order valence-electron chi connectivity index (χ1n) is 9.39. The first kappa shape index (κ1) is 16.0. The lowest BCUT2D eigenvalue weighted by atomic mass is 9.97. The van der Waals surface area contributed by atoms with Crippen molar-refractivity contribution in [3.63, 3.8) is 0 Å². The van der Waals surface area contributed by atoms with Gasteiger partial charge in [0.1, 0.15) is 6.10 Å². The van der Waals surface area contributed by atoms with Crippen LogP contribution in [0.2, 0.25) is 0 Å². The van der Waals surface area contributed by atoms with E-state index in [2.05, 4.69) is 15.2 Å². The molecule has 0 unspecified atom stereocenters. The summed E-state index contributed by atoms with van der Waals surface area (Å²) in [6, 6.07) is 5.16. The molecule has 2 aliphatic heterocycles. The summed E-state index contributed by atoms with van der Waals surface area (Å²) in [4.78, 5) is 19.2. The van der Waals surface area contributed by atoms with Crippen LogP contribution >= 0.6 is 0 Å². The number of ether oxygens (including phenoxy) is 1. The monoisotopic (exact) mass is 329 g/mol. The van der Waals surface area contributed by atoms with Gasteiger partial charge in [0, 0.05) is 37.6 Å². The highest BCUT2D eigenvalue weighted by molar-refractivity contribution is 5.80. The Morgan fingerprint density at radius 1 is 1.25 bits per heavy atom. The molecule has 1 saturated carbocycles. The highest BCUT2D eigenvalue weighted by Gasteiger charge is 2.44. The summed E-state index contributed by atoms with van der Waals surface area (Å²) in [5.74, 6) is 0.0246. The number of amides is 1. The first-order valence-corrected chi connectivity index (χ1v) is 9.39. The van der Waals surface area contributed by atoms with Crippen LogP contribution in [-0.4, -0.2) is 46.6 Å². The molecular formula is C19H27N3O2. The minimum absolute atomic E-state index is 0.0246. The van der Waals surface area contributed by atoms with Crippen molar-refractivity contribution in [3.05, 3.63) is 30.1 Å². The molecule has 0 radical (unpaired) electrons. The molecule has 1 aliphatic carbocycles. The van der Waals surface area contributed by atoms with Gasteiger partial charge in [-0.15, -0.1) is 0 Å². The number of likely N-dealkylation sites (tertiary alicyclic amines) is 1. The Bertz CT molecular complexity index is 559. The van der Waals surface area contributed by atoms with Gasteiger partial charge in [0.2, 0.25) is 5.91 Å². The van der Waals surface area contributed by atoms with Crippen LogP contribution in [0.15, 0.2) is 24.5 Å². The Hall–Kier alpha value is -1.46. The topological polar surface area (TPSA) is 54.5 Å². The Kier molecular flexibility index (Phi) is 4.81. The third-order valence-electron chi connectivity index (χ3n) is 5.87. The number of aromatic nitrogens is 1.